The van der Waals surface area contributed by atoms with Crippen LogP contribution >= 0.6 is 0 Å². The lowest BCUT2D eigenvalue weighted by Gasteiger charge is -2.22. The van der Waals surface area contributed by atoms with E-state index in [4.69, 9.17) is 9.26 Å². The van der Waals surface area contributed by atoms with Crippen LogP contribution in [0.15, 0.2) is 64.7 Å². The lowest BCUT2D eigenvalue weighted by Crippen LogP contribution is -2.29. The van der Waals surface area contributed by atoms with E-state index in [1.54, 1.807) is 31.2 Å². The minimum absolute atomic E-state index is 0.0868. The molecule has 1 fully saturated rings. The van der Waals surface area contributed by atoms with E-state index < -0.39 is 22.7 Å². The minimum Gasteiger partial charge on any atom is -0.507 e. The summed E-state index contributed by atoms with van der Waals surface area (Å²) >= 11 is 0. The largest absolute Gasteiger partial charge is 0.507 e. The molecule has 1 aliphatic rings. The Bertz CT molecular complexity index is 1260. The van der Waals surface area contributed by atoms with Crippen LogP contribution in [-0.2, 0) is 9.59 Å². The van der Waals surface area contributed by atoms with Crippen LogP contribution < -0.4 is 9.64 Å². The number of Topliss-reactive ketones (excluding diaryl/α,β-unsaturated/α-hetero) is 1. The Morgan fingerprint density at radius 2 is 1.85 bits per heavy atom. The number of non-ortho nitro benzene ring substituents is 1. The molecule has 1 amide bonds. The van der Waals surface area contributed by atoms with Gasteiger partial charge >= 0.3 is 5.91 Å². The van der Waals surface area contributed by atoms with Gasteiger partial charge in [-0.05, 0) is 55.8 Å². The number of carbonyl (C=O) groups excluding carboxylic acids is 2. The maximum Gasteiger partial charge on any atom is 0.301 e. The van der Waals surface area contributed by atoms with Crippen molar-refractivity contribution in [1.82, 2.24) is 5.16 Å². The number of benzene rings is 2. The van der Waals surface area contributed by atoms with Gasteiger partial charge < -0.3 is 14.4 Å². The van der Waals surface area contributed by atoms with Gasteiger partial charge in [0.25, 0.3) is 11.5 Å². The molecule has 33 heavy (non-hydrogen) atoms. The first-order valence-electron chi connectivity index (χ1n) is 10.0. The second kappa shape index (κ2) is 8.58. The molecule has 1 aliphatic heterocycles. The topological polar surface area (TPSA) is 136 Å². The Morgan fingerprint density at radius 1 is 1.18 bits per heavy atom. The second-order valence-electron chi connectivity index (χ2n) is 7.27. The SMILES string of the molecule is CCOc1ccc(/C(O)=C2\C(=O)C(=O)N(c3cc(C)on3)[C@@H]2c2ccc([N+](=O)[O-])cc2)cc1. The van der Waals surface area contributed by atoms with E-state index in [2.05, 4.69) is 5.16 Å². The number of nitro benzene ring substituents is 1. The monoisotopic (exact) mass is 449 g/mol. The van der Waals surface area contributed by atoms with Crippen molar-refractivity contribution in [2.45, 2.75) is 19.9 Å². The van der Waals surface area contributed by atoms with E-state index in [0.717, 1.165) is 4.90 Å². The highest BCUT2D eigenvalue weighted by Crippen LogP contribution is 2.42. The number of carbonyl (C=O) groups is 2. The number of nitro groups is 1. The Labute approximate surface area is 187 Å². The van der Waals surface area contributed by atoms with Gasteiger partial charge in [-0.1, -0.05) is 5.16 Å². The zero-order valence-corrected chi connectivity index (χ0v) is 17.7. The number of aliphatic hydroxyl groups excluding tert-OH is 1. The predicted molar refractivity (Wildman–Crippen MR) is 117 cm³/mol. The third kappa shape index (κ3) is 3.93. The molecule has 0 bridgehead atoms. The number of rotatable bonds is 6. The van der Waals surface area contributed by atoms with Crippen LogP contribution in [0.1, 0.15) is 29.9 Å². The molecule has 2 heterocycles. The predicted octanol–water partition coefficient (Wildman–Crippen LogP) is 3.92. The summed E-state index contributed by atoms with van der Waals surface area (Å²) in [5.74, 6) is -1.11. The fraction of sp³-hybridized carbons (Fsp3) is 0.174. The normalized spacial score (nSPS) is 17.4. The standard InChI is InChI=1S/C23H19N3O7/c1-3-32-17-10-6-15(7-11-17)21(27)19-20(14-4-8-16(9-5-14)26(30)31)25(23(29)22(19)28)18-12-13(2)33-24-18/h4-12,20,27H,3H2,1-2H3/b21-19+/t20-/m1/s1. The van der Waals surface area contributed by atoms with Crippen molar-refractivity contribution >= 4 is 29.0 Å². The van der Waals surface area contributed by atoms with Gasteiger partial charge in [0.2, 0.25) is 0 Å². The van der Waals surface area contributed by atoms with Crippen molar-refractivity contribution in [2.24, 2.45) is 0 Å². The zero-order valence-electron chi connectivity index (χ0n) is 17.7. The highest BCUT2D eigenvalue weighted by Gasteiger charge is 2.48. The van der Waals surface area contributed by atoms with E-state index in [1.165, 1.54) is 30.3 Å². The quantitative estimate of drug-likeness (QED) is 0.197. The van der Waals surface area contributed by atoms with Crippen molar-refractivity contribution in [3.63, 3.8) is 0 Å². The number of anilines is 1. The van der Waals surface area contributed by atoms with Crippen molar-refractivity contribution in [2.75, 3.05) is 11.5 Å². The first-order chi connectivity index (χ1) is 15.8. The van der Waals surface area contributed by atoms with Crippen LogP contribution in [0.2, 0.25) is 0 Å². The molecule has 1 N–H and O–H groups in total. The average molecular weight is 449 g/mol. The molecule has 1 aromatic heterocycles. The number of aliphatic hydroxyl groups is 1. The molecule has 0 aliphatic carbocycles. The Morgan fingerprint density at radius 3 is 2.39 bits per heavy atom. The van der Waals surface area contributed by atoms with Gasteiger partial charge in [0, 0.05) is 23.8 Å². The van der Waals surface area contributed by atoms with Crippen LogP contribution in [0, 0.1) is 17.0 Å². The Kier molecular flexibility index (Phi) is 5.65. The van der Waals surface area contributed by atoms with Gasteiger partial charge in [-0.15, -0.1) is 0 Å². The fourth-order valence-corrected chi connectivity index (χ4v) is 3.66. The molecule has 10 heteroatoms. The molecule has 0 unspecified atom stereocenters. The summed E-state index contributed by atoms with van der Waals surface area (Å²) in [6.07, 6.45) is 0. The third-order valence-electron chi connectivity index (χ3n) is 5.17. The summed E-state index contributed by atoms with van der Waals surface area (Å²) in [6, 6.07) is 12.2. The zero-order chi connectivity index (χ0) is 23.7. The molecule has 4 rings (SSSR count). The van der Waals surface area contributed by atoms with Gasteiger partial charge in [-0.2, -0.15) is 0 Å². The maximum atomic E-state index is 13.0. The van der Waals surface area contributed by atoms with E-state index >= 15 is 0 Å². The number of ether oxygens (including phenoxy) is 1. The summed E-state index contributed by atoms with van der Waals surface area (Å²) in [5, 5.41) is 26.0. The number of ketones is 1. The van der Waals surface area contributed by atoms with Crippen molar-refractivity contribution in [1.29, 1.82) is 0 Å². The fourth-order valence-electron chi connectivity index (χ4n) is 3.66. The highest BCUT2D eigenvalue weighted by molar-refractivity contribution is 6.51. The van der Waals surface area contributed by atoms with Crippen molar-refractivity contribution < 1.29 is 28.9 Å². The van der Waals surface area contributed by atoms with E-state index in [9.17, 15) is 24.8 Å². The van der Waals surface area contributed by atoms with Gasteiger partial charge in [-0.3, -0.25) is 24.6 Å². The van der Waals surface area contributed by atoms with Gasteiger partial charge in [0.1, 0.15) is 17.3 Å². The maximum absolute atomic E-state index is 13.0. The van der Waals surface area contributed by atoms with Crippen LogP contribution in [0.3, 0.4) is 0 Å². The Hall–Kier alpha value is -4.47. The molecule has 168 valence electrons. The second-order valence-corrected chi connectivity index (χ2v) is 7.27. The molecule has 3 aromatic rings. The number of amides is 1. The third-order valence-corrected chi connectivity index (χ3v) is 5.17. The number of nitrogens with zero attached hydrogens (tertiary/aromatic N) is 3. The number of aromatic nitrogens is 1. The molecule has 1 atom stereocenters. The van der Waals surface area contributed by atoms with Crippen LogP contribution in [0.25, 0.3) is 5.76 Å². The molecule has 2 aromatic carbocycles. The van der Waals surface area contributed by atoms with Gasteiger partial charge in [-0.25, -0.2) is 0 Å². The summed E-state index contributed by atoms with van der Waals surface area (Å²) < 4.78 is 10.5. The van der Waals surface area contributed by atoms with Crippen LogP contribution in [0.5, 0.6) is 5.75 Å². The van der Waals surface area contributed by atoms with Gasteiger partial charge in [0.05, 0.1) is 23.1 Å². The first kappa shape index (κ1) is 21.8. The summed E-state index contributed by atoms with van der Waals surface area (Å²) in [7, 11) is 0. The molecule has 10 nitrogen and oxygen atoms in total. The molecular weight excluding hydrogens is 430 g/mol. The van der Waals surface area contributed by atoms with Crippen LogP contribution in [0.4, 0.5) is 11.5 Å². The summed E-state index contributed by atoms with van der Waals surface area (Å²) in [5.41, 5.74) is 0.366. The smallest absolute Gasteiger partial charge is 0.301 e. The van der Waals surface area contributed by atoms with Crippen LogP contribution in [-0.4, -0.2) is 33.5 Å². The van der Waals surface area contributed by atoms with E-state index in [0.29, 0.717) is 29.2 Å². The Balaban J connectivity index is 1.87. The molecule has 0 spiro atoms. The molecular formula is C23H19N3O7. The number of aryl methyl sites for hydroxylation is 1. The number of hydrogen-bond donors (Lipinski definition) is 1. The van der Waals surface area contributed by atoms with E-state index in [1.807, 2.05) is 6.92 Å². The minimum atomic E-state index is -1.07. The van der Waals surface area contributed by atoms with Crippen molar-refractivity contribution in [3.05, 3.63) is 87.2 Å². The van der Waals surface area contributed by atoms with Gasteiger partial charge in [0.15, 0.2) is 5.82 Å². The highest BCUT2D eigenvalue weighted by atomic mass is 16.6. The molecule has 0 radical (unpaired) electrons. The average Bonchev–Trinajstić information content (AvgIpc) is 3.34. The first-order valence-corrected chi connectivity index (χ1v) is 10.0. The van der Waals surface area contributed by atoms with Crippen molar-refractivity contribution in [3.8, 4) is 5.75 Å². The lowest BCUT2D eigenvalue weighted by atomic mass is 9.95. The van der Waals surface area contributed by atoms with E-state index in [-0.39, 0.29) is 22.8 Å². The number of hydrogen-bond acceptors (Lipinski definition) is 8. The summed E-state index contributed by atoms with van der Waals surface area (Å²) in [6.45, 7) is 3.94. The molecule has 1 saturated heterocycles. The summed E-state index contributed by atoms with van der Waals surface area (Å²) in [4.78, 5) is 37.6. The molecule has 0 saturated carbocycles. The lowest BCUT2D eigenvalue weighted by molar-refractivity contribution is -0.384.